The van der Waals surface area contributed by atoms with Gasteiger partial charge in [0.25, 0.3) is 0 Å². The first-order valence-electron chi connectivity index (χ1n) is 4.76. The van der Waals surface area contributed by atoms with Crippen molar-refractivity contribution in [2.45, 2.75) is 33.1 Å². The molecule has 0 unspecified atom stereocenters. The smallest absolute Gasteiger partial charge is 0.00468 e. The summed E-state index contributed by atoms with van der Waals surface area (Å²) in [7, 11) is 2.03. The van der Waals surface area contributed by atoms with Gasteiger partial charge in [-0.3, -0.25) is 0 Å². The van der Waals surface area contributed by atoms with Gasteiger partial charge in [-0.1, -0.05) is 13.8 Å². The molecule has 2 heteroatoms. The van der Waals surface area contributed by atoms with Crippen molar-refractivity contribution in [2.75, 3.05) is 25.6 Å². The molecule has 0 aliphatic carbocycles. The first-order valence-corrected chi connectivity index (χ1v) is 6.15. The molecular weight excluding hydrogens is 166 g/mol. The molecule has 0 aliphatic rings. The van der Waals surface area contributed by atoms with E-state index in [1.165, 1.54) is 25.0 Å². The van der Waals surface area contributed by atoms with Gasteiger partial charge in [0, 0.05) is 0 Å². The molecule has 0 radical (unpaired) electrons. The van der Waals surface area contributed by atoms with Crippen molar-refractivity contribution >= 4 is 11.8 Å². The fourth-order valence-corrected chi connectivity index (χ4v) is 1.72. The Morgan fingerprint density at radius 1 is 1.25 bits per heavy atom. The van der Waals surface area contributed by atoms with E-state index in [2.05, 4.69) is 25.4 Å². The monoisotopic (exact) mass is 189 g/mol. The van der Waals surface area contributed by atoms with Crippen molar-refractivity contribution in [3.05, 3.63) is 0 Å². The van der Waals surface area contributed by atoms with Gasteiger partial charge >= 0.3 is 0 Å². The second kappa shape index (κ2) is 6.79. The lowest BCUT2D eigenvalue weighted by Gasteiger charge is -2.24. The number of nitrogens with one attached hydrogen (secondary N) is 1. The van der Waals surface area contributed by atoms with Crippen LogP contribution in [0.25, 0.3) is 0 Å². The molecule has 0 saturated heterocycles. The predicted octanol–water partition coefficient (Wildman–Crippen LogP) is 2.77. The van der Waals surface area contributed by atoms with E-state index in [0.29, 0.717) is 5.41 Å². The molecule has 0 bridgehead atoms. The number of rotatable bonds is 7. The van der Waals surface area contributed by atoms with Crippen molar-refractivity contribution in [3.63, 3.8) is 0 Å². The van der Waals surface area contributed by atoms with Gasteiger partial charge in [-0.15, -0.1) is 0 Å². The molecule has 0 spiro atoms. The van der Waals surface area contributed by atoms with Gasteiger partial charge in [-0.2, -0.15) is 11.8 Å². The van der Waals surface area contributed by atoms with Gasteiger partial charge in [0.2, 0.25) is 0 Å². The van der Waals surface area contributed by atoms with Crippen molar-refractivity contribution in [3.8, 4) is 0 Å². The Kier molecular flexibility index (Phi) is 6.96. The molecule has 0 saturated carbocycles. The third-order valence-electron chi connectivity index (χ3n) is 2.25. The van der Waals surface area contributed by atoms with E-state index in [0.717, 1.165) is 6.54 Å². The summed E-state index contributed by atoms with van der Waals surface area (Å²) in [5.74, 6) is 1.31. The van der Waals surface area contributed by atoms with Gasteiger partial charge in [-0.05, 0) is 50.3 Å². The molecule has 0 atom stereocenters. The lowest BCUT2D eigenvalue weighted by Crippen LogP contribution is -2.19. The second-order valence-electron chi connectivity index (χ2n) is 4.11. The molecule has 74 valence electrons. The van der Waals surface area contributed by atoms with Crippen molar-refractivity contribution < 1.29 is 0 Å². The van der Waals surface area contributed by atoms with Gasteiger partial charge < -0.3 is 5.32 Å². The third-order valence-corrected chi connectivity index (χ3v) is 2.95. The standard InChI is InChI=1S/C10H23NS/c1-10(2,7-8-11-3)6-5-9-12-4/h11H,5-9H2,1-4H3. The maximum Gasteiger partial charge on any atom is -0.00468 e. The normalized spacial score (nSPS) is 12.0. The largest absolute Gasteiger partial charge is 0.320 e. The molecule has 12 heavy (non-hydrogen) atoms. The topological polar surface area (TPSA) is 12.0 Å². The van der Waals surface area contributed by atoms with Crippen LogP contribution in [0.2, 0.25) is 0 Å². The number of hydrogen-bond donors (Lipinski definition) is 1. The van der Waals surface area contributed by atoms with Crippen LogP contribution in [-0.2, 0) is 0 Å². The third kappa shape index (κ3) is 6.99. The molecule has 1 N–H and O–H groups in total. The van der Waals surface area contributed by atoms with Crippen LogP contribution < -0.4 is 5.32 Å². The van der Waals surface area contributed by atoms with E-state index in [1.807, 2.05) is 18.8 Å². The molecular formula is C10H23NS. The fraction of sp³-hybridized carbons (Fsp3) is 1.00. The van der Waals surface area contributed by atoms with Crippen molar-refractivity contribution in [1.29, 1.82) is 0 Å². The van der Waals surface area contributed by atoms with Crippen molar-refractivity contribution in [1.82, 2.24) is 5.32 Å². The molecule has 0 aromatic heterocycles. The van der Waals surface area contributed by atoms with E-state index < -0.39 is 0 Å². The minimum Gasteiger partial charge on any atom is -0.320 e. The summed E-state index contributed by atoms with van der Waals surface area (Å²) < 4.78 is 0. The summed E-state index contributed by atoms with van der Waals surface area (Å²) in [6.07, 6.45) is 6.19. The van der Waals surface area contributed by atoms with Crippen LogP contribution in [0.4, 0.5) is 0 Å². The van der Waals surface area contributed by atoms with Crippen LogP contribution in [0.5, 0.6) is 0 Å². The van der Waals surface area contributed by atoms with Crippen LogP contribution in [0.1, 0.15) is 33.1 Å². The van der Waals surface area contributed by atoms with Gasteiger partial charge in [0.1, 0.15) is 0 Å². The zero-order valence-corrected chi connectivity index (χ0v) is 9.76. The highest BCUT2D eigenvalue weighted by Crippen LogP contribution is 2.26. The fourth-order valence-electron chi connectivity index (χ4n) is 1.28. The summed E-state index contributed by atoms with van der Waals surface area (Å²) >= 11 is 1.95. The summed E-state index contributed by atoms with van der Waals surface area (Å²) in [4.78, 5) is 0. The van der Waals surface area contributed by atoms with Gasteiger partial charge in [0.15, 0.2) is 0 Å². The molecule has 0 aliphatic heterocycles. The maximum atomic E-state index is 3.21. The molecule has 0 heterocycles. The summed E-state index contributed by atoms with van der Waals surface area (Å²) in [5, 5.41) is 3.21. The summed E-state index contributed by atoms with van der Waals surface area (Å²) in [6, 6.07) is 0. The molecule has 0 aromatic rings. The Morgan fingerprint density at radius 3 is 2.42 bits per heavy atom. The quantitative estimate of drug-likeness (QED) is 0.618. The Bertz CT molecular complexity index is 102. The van der Waals surface area contributed by atoms with E-state index in [9.17, 15) is 0 Å². The predicted molar refractivity (Wildman–Crippen MR) is 59.9 cm³/mol. The summed E-state index contributed by atoms with van der Waals surface area (Å²) in [6.45, 7) is 5.88. The molecule has 1 nitrogen and oxygen atoms in total. The van der Waals surface area contributed by atoms with Gasteiger partial charge in [-0.25, -0.2) is 0 Å². The Morgan fingerprint density at radius 2 is 1.92 bits per heavy atom. The van der Waals surface area contributed by atoms with Crippen LogP contribution in [0, 0.1) is 5.41 Å². The number of thioether (sulfide) groups is 1. The highest BCUT2D eigenvalue weighted by molar-refractivity contribution is 7.98. The molecule has 0 rings (SSSR count). The van der Waals surface area contributed by atoms with E-state index in [-0.39, 0.29) is 0 Å². The zero-order valence-electron chi connectivity index (χ0n) is 8.94. The average molecular weight is 189 g/mol. The second-order valence-corrected chi connectivity index (χ2v) is 5.10. The van der Waals surface area contributed by atoms with Crippen LogP contribution in [0.15, 0.2) is 0 Å². The SMILES string of the molecule is CNCCC(C)(C)CCCSC. The lowest BCUT2D eigenvalue weighted by molar-refractivity contribution is 0.303. The van der Waals surface area contributed by atoms with E-state index in [4.69, 9.17) is 0 Å². The molecule has 0 aromatic carbocycles. The summed E-state index contributed by atoms with van der Waals surface area (Å²) in [5.41, 5.74) is 0.527. The van der Waals surface area contributed by atoms with Crippen LogP contribution >= 0.6 is 11.8 Å². The van der Waals surface area contributed by atoms with E-state index >= 15 is 0 Å². The average Bonchev–Trinajstić information content (AvgIpc) is 2.01. The molecule has 0 amide bonds. The molecule has 0 fully saturated rings. The maximum absolute atomic E-state index is 3.21. The number of hydrogen-bond acceptors (Lipinski definition) is 2. The first-order chi connectivity index (χ1) is 5.62. The zero-order chi connectivity index (χ0) is 9.45. The Labute approximate surface area is 81.7 Å². The van der Waals surface area contributed by atoms with Gasteiger partial charge in [0.05, 0.1) is 0 Å². The van der Waals surface area contributed by atoms with Crippen LogP contribution in [0.3, 0.4) is 0 Å². The van der Waals surface area contributed by atoms with E-state index in [1.54, 1.807) is 0 Å². The lowest BCUT2D eigenvalue weighted by atomic mass is 9.85. The first kappa shape index (κ1) is 12.3. The minimum atomic E-state index is 0.527. The highest BCUT2D eigenvalue weighted by Gasteiger charge is 2.15. The Hall–Kier alpha value is 0.310. The van der Waals surface area contributed by atoms with Crippen molar-refractivity contribution in [2.24, 2.45) is 5.41 Å². The minimum absolute atomic E-state index is 0.527. The highest BCUT2D eigenvalue weighted by atomic mass is 32.2. The Balaban J connectivity index is 3.42. The van der Waals surface area contributed by atoms with Crippen LogP contribution in [-0.4, -0.2) is 25.6 Å².